The molecule has 0 aliphatic rings. The van der Waals surface area contributed by atoms with Crippen molar-refractivity contribution in [2.75, 3.05) is 27.2 Å². The largest absolute Gasteiger partial charge is 0.497 e. The Morgan fingerprint density at radius 1 is 1.15 bits per heavy atom. The van der Waals surface area contributed by atoms with Crippen LogP contribution in [0, 0.1) is 0 Å². The molecular formula is C18H25IN4O3. The molecule has 1 amide bonds. The summed E-state index contributed by atoms with van der Waals surface area (Å²) in [7, 11) is 3.32. The van der Waals surface area contributed by atoms with Crippen LogP contribution in [0.1, 0.15) is 11.3 Å². The lowest BCUT2D eigenvalue weighted by Gasteiger charge is -2.12. The van der Waals surface area contributed by atoms with E-state index in [2.05, 4.69) is 20.9 Å². The molecule has 0 aliphatic carbocycles. The van der Waals surface area contributed by atoms with E-state index in [1.165, 1.54) is 5.56 Å². The zero-order chi connectivity index (χ0) is 17.9. The first-order valence-corrected chi connectivity index (χ1v) is 8.08. The molecule has 3 N–H and O–H groups in total. The number of carbonyl (C=O) groups excluding carboxylic acids is 1. The van der Waals surface area contributed by atoms with E-state index in [1.807, 2.05) is 30.3 Å². The van der Waals surface area contributed by atoms with Gasteiger partial charge in [0.15, 0.2) is 5.96 Å². The van der Waals surface area contributed by atoms with Crippen LogP contribution in [0.4, 0.5) is 0 Å². The fraction of sp³-hybridized carbons (Fsp3) is 0.333. The molecular weight excluding hydrogens is 447 g/mol. The maximum Gasteiger partial charge on any atom is 0.239 e. The van der Waals surface area contributed by atoms with Crippen LogP contribution in [0.15, 0.2) is 52.1 Å². The van der Waals surface area contributed by atoms with Crippen LogP contribution in [0.3, 0.4) is 0 Å². The number of halogens is 1. The zero-order valence-corrected chi connectivity index (χ0v) is 17.3. The number of ether oxygens (including phenoxy) is 1. The molecule has 0 radical (unpaired) electrons. The minimum absolute atomic E-state index is 0. The maximum atomic E-state index is 11.8. The van der Waals surface area contributed by atoms with Gasteiger partial charge in [-0.2, -0.15) is 0 Å². The Bertz CT molecular complexity index is 672. The van der Waals surface area contributed by atoms with Crippen molar-refractivity contribution in [3.8, 4) is 5.75 Å². The summed E-state index contributed by atoms with van der Waals surface area (Å²) in [5.74, 6) is 2.02. The second-order valence-electron chi connectivity index (χ2n) is 5.31. The average molecular weight is 472 g/mol. The number of methoxy groups -OCH3 is 1. The summed E-state index contributed by atoms with van der Waals surface area (Å²) in [6.45, 7) is 1.22. The van der Waals surface area contributed by atoms with Gasteiger partial charge in [0, 0.05) is 13.6 Å². The fourth-order valence-electron chi connectivity index (χ4n) is 2.16. The van der Waals surface area contributed by atoms with Crippen molar-refractivity contribution < 1.29 is 13.9 Å². The molecule has 1 aromatic carbocycles. The molecule has 0 saturated heterocycles. The summed E-state index contributed by atoms with van der Waals surface area (Å²) in [6.07, 6.45) is 2.42. The van der Waals surface area contributed by atoms with Gasteiger partial charge in [0.05, 0.1) is 26.5 Å². The molecule has 2 rings (SSSR count). The third kappa shape index (κ3) is 7.77. The highest BCUT2D eigenvalue weighted by molar-refractivity contribution is 14.0. The number of hydrogen-bond donors (Lipinski definition) is 3. The molecule has 0 fully saturated rings. The van der Waals surface area contributed by atoms with Crippen molar-refractivity contribution in [1.29, 1.82) is 0 Å². The van der Waals surface area contributed by atoms with Crippen molar-refractivity contribution in [2.24, 2.45) is 4.99 Å². The SMILES string of the molecule is CN=C(NCCc1ccc(OC)cc1)NCC(=O)NCc1ccco1.I. The predicted octanol–water partition coefficient (Wildman–Crippen LogP) is 1.93. The van der Waals surface area contributed by atoms with E-state index in [-0.39, 0.29) is 36.4 Å². The Labute approximate surface area is 170 Å². The van der Waals surface area contributed by atoms with Gasteiger partial charge in [0.1, 0.15) is 11.5 Å². The molecule has 7 nitrogen and oxygen atoms in total. The summed E-state index contributed by atoms with van der Waals surface area (Å²) in [5.41, 5.74) is 1.19. The highest BCUT2D eigenvalue weighted by atomic mass is 127. The van der Waals surface area contributed by atoms with Gasteiger partial charge >= 0.3 is 0 Å². The van der Waals surface area contributed by atoms with E-state index in [0.29, 0.717) is 19.0 Å². The summed E-state index contributed by atoms with van der Waals surface area (Å²) < 4.78 is 10.3. The second-order valence-corrected chi connectivity index (χ2v) is 5.31. The van der Waals surface area contributed by atoms with Gasteiger partial charge < -0.3 is 25.1 Å². The number of amides is 1. The molecule has 142 valence electrons. The number of guanidine groups is 1. The van der Waals surface area contributed by atoms with Gasteiger partial charge in [0.2, 0.25) is 5.91 Å². The number of carbonyl (C=O) groups is 1. The van der Waals surface area contributed by atoms with Crippen LogP contribution >= 0.6 is 24.0 Å². The molecule has 0 unspecified atom stereocenters. The monoisotopic (exact) mass is 472 g/mol. The van der Waals surface area contributed by atoms with E-state index in [4.69, 9.17) is 9.15 Å². The third-order valence-electron chi connectivity index (χ3n) is 3.55. The van der Waals surface area contributed by atoms with Crippen molar-refractivity contribution in [3.63, 3.8) is 0 Å². The molecule has 0 spiro atoms. The van der Waals surface area contributed by atoms with E-state index in [0.717, 1.165) is 17.9 Å². The second kappa shape index (κ2) is 12.2. The minimum Gasteiger partial charge on any atom is -0.497 e. The standard InChI is InChI=1S/C18H24N4O3.HI/c1-19-18(20-10-9-14-5-7-15(24-2)8-6-14)22-13-17(23)21-12-16-4-3-11-25-16;/h3-8,11H,9-10,12-13H2,1-2H3,(H,21,23)(H2,19,20,22);1H. The Kier molecular flexibility index (Phi) is 10.2. The zero-order valence-electron chi connectivity index (χ0n) is 15.0. The highest BCUT2D eigenvalue weighted by Crippen LogP contribution is 2.11. The van der Waals surface area contributed by atoms with Crippen molar-refractivity contribution in [3.05, 3.63) is 54.0 Å². The maximum absolute atomic E-state index is 11.8. The van der Waals surface area contributed by atoms with Gasteiger partial charge in [-0.25, -0.2) is 0 Å². The van der Waals surface area contributed by atoms with Crippen LogP contribution in [0.25, 0.3) is 0 Å². The van der Waals surface area contributed by atoms with Gasteiger partial charge in [-0.15, -0.1) is 24.0 Å². The summed E-state index contributed by atoms with van der Waals surface area (Å²) in [4.78, 5) is 15.9. The van der Waals surface area contributed by atoms with Crippen LogP contribution in [0.2, 0.25) is 0 Å². The average Bonchev–Trinajstić information content (AvgIpc) is 3.17. The quantitative estimate of drug-likeness (QED) is 0.311. The molecule has 0 atom stereocenters. The Hall–Kier alpha value is -2.23. The first kappa shape index (κ1) is 21.8. The summed E-state index contributed by atoms with van der Waals surface area (Å²) in [6, 6.07) is 11.5. The Morgan fingerprint density at radius 2 is 1.92 bits per heavy atom. The van der Waals surface area contributed by atoms with Crippen molar-refractivity contribution >= 4 is 35.8 Å². The first-order valence-electron chi connectivity index (χ1n) is 8.08. The molecule has 1 aromatic heterocycles. The number of furan rings is 1. The van der Waals surface area contributed by atoms with Crippen LogP contribution in [-0.2, 0) is 17.8 Å². The molecule has 0 saturated carbocycles. The van der Waals surface area contributed by atoms with Gasteiger partial charge in [-0.05, 0) is 36.2 Å². The number of aliphatic imine (C=N–C) groups is 1. The summed E-state index contributed by atoms with van der Waals surface area (Å²) in [5, 5.41) is 8.93. The lowest BCUT2D eigenvalue weighted by atomic mass is 10.1. The van der Waals surface area contributed by atoms with Crippen molar-refractivity contribution in [1.82, 2.24) is 16.0 Å². The lowest BCUT2D eigenvalue weighted by molar-refractivity contribution is -0.120. The van der Waals surface area contributed by atoms with Crippen molar-refractivity contribution in [2.45, 2.75) is 13.0 Å². The first-order chi connectivity index (χ1) is 12.2. The lowest BCUT2D eigenvalue weighted by Crippen LogP contribution is -2.43. The molecule has 26 heavy (non-hydrogen) atoms. The number of benzene rings is 1. The molecule has 0 bridgehead atoms. The smallest absolute Gasteiger partial charge is 0.239 e. The highest BCUT2D eigenvalue weighted by Gasteiger charge is 2.04. The molecule has 2 aromatic rings. The number of nitrogens with one attached hydrogen (secondary N) is 3. The fourth-order valence-corrected chi connectivity index (χ4v) is 2.16. The Morgan fingerprint density at radius 3 is 2.54 bits per heavy atom. The molecule has 1 heterocycles. The van der Waals surface area contributed by atoms with Gasteiger partial charge in [-0.3, -0.25) is 9.79 Å². The van der Waals surface area contributed by atoms with Crippen LogP contribution < -0.4 is 20.7 Å². The van der Waals surface area contributed by atoms with E-state index < -0.39 is 0 Å². The Balaban J connectivity index is 0.00000338. The predicted molar refractivity (Wildman–Crippen MR) is 112 cm³/mol. The summed E-state index contributed by atoms with van der Waals surface area (Å²) >= 11 is 0. The van der Waals surface area contributed by atoms with Crippen LogP contribution in [0.5, 0.6) is 5.75 Å². The normalized spacial score (nSPS) is 10.6. The number of rotatable bonds is 8. The third-order valence-corrected chi connectivity index (χ3v) is 3.55. The minimum atomic E-state index is -0.130. The van der Waals surface area contributed by atoms with E-state index in [9.17, 15) is 4.79 Å². The topological polar surface area (TPSA) is 87.9 Å². The van der Waals surface area contributed by atoms with Gasteiger partial charge in [-0.1, -0.05) is 12.1 Å². The van der Waals surface area contributed by atoms with Gasteiger partial charge in [0.25, 0.3) is 0 Å². The van der Waals surface area contributed by atoms with E-state index >= 15 is 0 Å². The molecule has 0 aliphatic heterocycles. The number of hydrogen-bond acceptors (Lipinski definition) is 4. The van der Waals surface area contributed by atoms with E-state index in [1.54, 1.807) is 26.5 Å². The molecule has 8 heteroatoms. The number of nitrogens with zero attached hydrogens (tertiary/aromatic N) is 1. The van der Waals surface area contributed by atoms with Crippen LogP contribution in [-0.4, -0.2) is 39.1 Å².